The maximum absolute atomic E-state index is 13.4. The Bertz CT molecular complexity index is 722. The highest BCUT2D eigenvalue weighted by atomic mass is 32.2. The van der Waals surface area contributed by atoms with Crippen molar-refractivity contribution in [2.75, 3.05) is 11.1 Å². The maximum Gasteiger partial charge on any atom is 0.237 e. The van der Waals surface area contributed by atoms with E-state index in [4.69, 9.17) is 0 Å². The van der Waals surface area contributed by atoms with E-state index in [1.54, 1.807) is 6.07 Å². The third kappa shape index (κ3) is 4.70. The first-order valence-electron chi connectivity index (χ1n) is 6.28. The lowest BCUT2D eigenvalue weighted by atomic mass is 10.2. The van der Waals surface area contributed by atoms with Crippen LogP contribution in [-0.2, 0) is 21.3 Å². The molecule has 1 N–H and O–H groups in total. The molecule has 0 heterocycles. The number of nitrogens with one attached hydrogen (secondary N) is 1. The predicted molar refractivity (Wildman–Crippen MR) is 78.1 cm³/mol. The van der Waals surface area contributed by atoms with E-state index in [1.807, 2.05) is 0 Å². The summed E-state index contributed by atoms with van der Waals surface area (Å²) in [5.74, 6) is -3.15. The predicted octanol–water partition coefficient (Wildman–Crippen LogP) is 2.99. The Morgan fingerprint density at radius 3 is 2.45 bits per heavy atom. The Kier molecular flexibility index (Phi) is 5.32. The molecule has 1 atom stereocenters. The largest absolute Gasteiger partial charge is 0.323 e. The molecule has 0 saturated heterocycles. The molecule has 22 heavy (non-hydrogen) atoms. The Morgan fingerprint density at radius 2 is 1.77 bits per heavy atom. The van der Waals surface area contributed by atoms with E-state index < -0.39 is 34.2 Å². The zero-order valence-corrected chi connectivity index (χ0v) is 12.1. The molecule has 0 radical (unpaired) electrons. The summed E-state index contributed by atoms with van der Waals surface area (Å²) in [5.41, 5.74) is 0.313. The van der Waals surface area contributed by atoms with Crippen LogP contribution in [0.2, 0.25) is 0 Å². The molecule has 0 aliphatic heterocycles. The lowest BCUT2D eigenvalue weighted by Crippen LogP contribution is -2.20. The van der Waals surface area contributed by atoms with E-state index in [-0.39, 0.29) is 17.2 Å². The second-order valence-corrected chi connectivity index (χ2v) is 5.99. The molecular formula is C15H12F3NO2S. The standard InChI is InChI=1S/C15H12F3NO2S/c16-11-3-1-2-10(6-11)8-22(21)9-15(20)19-14-5-4-12(17)7-13(14)18/h1-7H,8-9H2,(H,19,20)/t22-/m1/s1. The molecule has 0 fully saturated rings. The van der Waals surface area contributed by atoms with Crippen molar-refractivity contribution in [3.05, 3.63) is 65.5 Å². The Morgan fingerprint density at radius 1 is 1.05 bits per heavy atom. The van der Waals surface area contributed by atoms with Crippen molar-refractivity contribution in [1.29, 1.82) is 0 Å². The number of halogens is 3. The average Bonchev–Trinajstić information content (AvgIpc) is 2.41. The molecular weight excluding hydrogens is 315 g/mol. The van der Waals surface area contributed by atoms with Crippen molar-refractivity contribution in [2.24, 2.45) is 0 Å². The van der Waals surface area contributed by atoms with Gasteiger partial charge in [0.15, 0.2) is 0 Å². The number of benzene rings is 2. The van der Waals surface area contributed by atoms with Gasteiger partial charge in [0.2, 0.25) is 5.91 Å². The molecule has 2 aromatic rings. The van der Waals surface area contributed by atoms with E-state index in [0.29, 0.717) is 11.6 Å². The van der Waals surface area contributed by atoms with Crippen molar-refractivity contribution in [1.82, 2.24) is 0 Å². The van der Waals surface area contributed by atoms with Crippen molar-refractivity contribution in [3.63, 3.8) is 0 Å². The summed E-state index contributed by atoms with van der Waals surface area (Å²) in [6.07, 6.45) is 0. The fourth-order valence-corrected chi connectivity index (χ4v) is 2.81. The molecule has 7 heteroatoms. The third-order valence-corrected chi connectivity index (χ3v) is 3.95. The number of hydrogen-bond donors (Lipinski definition) is 1. The molecule has 0 saturated carbocycles. The summed E-state index contributed by atoms with van der Waals surface area (Å²) in [4.78, 5) is 11.7. The Labute approximate surface area is 127 Å². The molecule has 0 bridgehead atoms. The molecule has 0 spiro atoms. The summed E-state index contributed by atoms with van der Waals surface area (Å²) in [6, 6.07) is 8.29. The second-order valence-electron chi connectivity index (χ2n) is 4.53. The number of hydrogen-bond acceptors (Lipinski definition) is 2. The van der Waals surface area contributed by atoms with Gasteiger partial charge in [-0.15, -0.1) is 0 Å². The lowest BCUT2D eigenvalue weighted by molar-refractivity contribution is -0.113. The van der Waals surface area contributed by atoms with Gasteiger partial charge in [-0.2, -0.15) is 0 Å². The molecule has 116 valence electrons. The van der Waals surface area contributed by atoms with Crippen LogP contribution in [0.15, 0.2) is 42.5 Å². The molecule has 0 aliphatic carbocycles. The molecule has 2 rings (SSSR count). The summed E-state index contributed by atoms with van der Waals surface area (Å²) in [7, 11) is -1.57. The van der Waals surface area contributed by atoms with Gasteiger partial charge in [0, 0.05) is 22.6 Å². The minimum Gasteiger partial charge on any atom is -0.323 e. The van der Waals surface area contributed by atoms with Crippen LogP contribution in [0.5, 0.6) is 0 Å². The zero-order valence-electron chi connectivity index (χ0n) is 11.3. The number of carbonyl (C=O) groups is 1. The quantitative estimate of drug-likeness (QED) is 0.918. The van der Waals surface area contributed by atoms with Gasteiger partial charge in [-0.1, -0.05) is 12.1 Å². The highest BCUT2D eigenvalue weighted by Crippen LogP contribution is 2.15. The van der Waals surface area contributed by atoms with Crippen LogP contribution in [0.1, 0.15) is 5.56 Å². The van der Waals surface area contributed by atoms with Gasteiger partial charge in [-0.25, -0.2) is 13.2 Å². The minimum atomic E-state index is -1.57. The normalized spacial score (nSPS) is 12.0. The molecule has 2 aromatic carbocycles. The van der Waals surface area contributed by atoms with Crippen LogP contribution < -0.4 is 5.32 Å². The summed E-state index contributed by atoms with van der Waals surface area (Å²) in [6.45, 7) is 0. The van der Waals surface area contributed by atoms with Gasteiger partial charge >= 0.3 is 0 Å². The Balaban J connectivity index is 1.92. The maximum atomic E-state index is 13.4. The van der Waals surface area contributed by atoms with Crippen LogP contribution >= 0.6 is 0 Å². The van der Waals surface area contributed by atoms with Crippen molar-refractivity contribution < 1.29 is 22.2 Å². The second kappa shape index (κ2) is 7.22. The molecule has 0 aliphatic rings. The van der Waals surface area contributed by atoms with E-state index in [1.165, 1.54) is 18.2 Å². The summed E-state index contributed by atoms with van der Waals surface area (Å²) < 4.78 is 50.9. The van der Waals surface area contributed by atoms with Gasteiger partial charge < -0.3 is 5.32 Å². The first-order chi connectivity index (χ1) is 10.4. The van der Waals surface area contributed by atoms with Crippen LogP contribution in [0.25, 0.3) is 0 Å². The van der Waals surface area contributed by atoms with E-state index in [9.17, 15) is 22.2 Å². The zero-order chi connectivity index (χ0) is 16.1. The first-order valence-corrected chi connectivity index (χ1v) is 7.77. The monoisotopic (exact) mass is 327 g/mol. The third-order valence-electron chi connectivity index (χ3n) is 2.71. The van der Waals surface area contributed by atoms with E-state index in [2.05, 4.69) is 5.32 Å². The highest BCUT2D eigenvalue weighted by Gasteiger charge is 2.12. The number of carbonyl (C=O) groups excluding carboxylic acids is 1. The van der Waals surface area contributed by atoms with Crippen LogP contribution in [-0.4, -0.2) is 15.9 Å². The van der Waals surface area contributed by atoms with Crippen LogP contribution in [0.3, 0.4) is 0 Å². The molecule has 1 amide bonds. The smallest absolute Gasteiger partial charge is 0.237 e. The molecule has 3 nitrogen and oxygen atoms in total. The van der Waals surface area contributed by atoms with Crippen molar-refractivity contribution >= 4 is 22.4 Å². The topological polar surface area (TPSA) is 46.2 Å². The lowest BCUT2D eigenvalue weighted by Gasteiger charge is -2.07. The van der Waals surface area contributed by atoms with Gasteiger partial charge in [-0.3, -0.25) is 9.00 Å². The van der Waals surface area contributed by atoms with Gasteiger partial charge in [-0.05, 0) is 29.8 Å². The van der Waals surface area contributed by atoms with Gasteiger partial charge in [0.25, 0.3) is 0 Å². The summed E-state index contributed by atoms with van der Waals surface area (Å²) >= 11 is 0. The minimum absolute atomic E-state index is 0.0110. The summed E-state index contributed by atoms with van der Waals surface area (Å²) in [5, 5.41) is 2.22. The SMILES string of the molecule is O=C(C[S@](=O)Cc1cccc(F)c1)Nc1ccc(F)cc1F. The molecule has 0 aromatic heterocycles. The fraction of sp³-hybridized carbons (Fsp3) is 0.133. The van der Waals surface area contributed by atoms with E-state index >= 15 is 0 Å². The van der Waals surface area contributed by atoms with Gasteiger partial charge in [0.05, 0.1) is 5.69 Å². The number of amides is 1. The van der Waals surface area contributed by atoms with Crippen molar-refractivity contribution in [3.8, 4) is 0 Å². The number of anilines is 1. The average molecular weight is 327 g/mol. The van der Waals surface area contributed by atoms with Crippen LogP contribution in [0.4, 0.5) is 18.9 Å². The highest BCUT2D eigenvalue weighted by molar-refractivity contribution is 7.84. The van der Waals surface area contributed by atoms with Crippen molar-refractivity contribution in [2.45, 2.75) is 5.75 Å². The molecule has 0 unspecified atom stereocenters. The first kappa shape index (κ1) is 16.2. The Hall–Kier alpha value is -2.15. The fourth-order valence-electron chi connectivity index (χ4n) is 1.79. The van der Waals surface area contributed by atoms with Gasteiger partial charge in [0.1, 0.15) is 23.2 Å². The number of rotatable bonds is 5. The van der Waals surface area contributed by atoms with Crippen LogP contribution in [0, 0.1) is 17.5 Å². The van der Waals surface area contributed by atoms with E-state index in [0.717, 1.165) is 12.1 Å².